The second-order valence-electron chi connectivity index (χ2n) is 6.56. The summed E-state index contributed by atoms with van der Waals surface area (Å²) in [6, 6.07) is 18.2. The van der Waals surface area contributed by atoms with Gasteiger partial charge in [-0.3, -0.25) is 4.79 Å². The number of benzene rings is 2. The van der Waals surface area contributed by atoms with Crippen molar-refractivity contribution in [2.75, 3.05) is 19.5 Å². The summed E-state index contributed by atoms with van der Waals surface area (Å²) >= 11 is 0. The van der Waals surface area contributed by atoms with Gasteiger partial charge >= 0.3 is 5.97 Å². The SMILES string of the molecule is COC(=O)c1cccc(Nc2nc(C)cc(C(=O)N(C)Cc3ccccc3)n2)c1. The first-order valence-electron chi connectivity index (χ1n) is 9.07. The molecule has 29 heavy (non-hydrogen) atoms. The van der Waals surface area contributed by atoms with Gasteiger partial charge in [-0.2, -0.15) is 0 Å². The number of hydrogen-bond acceptors (Lipinski definition) is 6. The van der Waals surface area contributed by atoms with E-state index >= 15 is 0 Å². The van der Waals surface area contributed by atoms with Gasteiger partial charge in [0.2, 0.25) is 5.95 Å². The minimum Gasteiger partial charge on any atom is -0.465 e. The summed E-state index contributed by atoms with van der Waals surface area (Å²) in [6.45, 7) is 2.28. The molecule has 1 heterocycles. The van der Waals surface area contributed by atoms with Gasteiger partial charge in [0.1, 0.15) is 5.69 Å². The van der Waals surface area contributed by atoms with Crippen LogP contribution in [-0.4, -0.2) is 40.9 Å². The van der Waals surface area contributed by atoms with E-state index in [1.165, 1.54) is 7.11 Å². The molecule has 0 saturated heterocycles. The highest BCUT2D eigenvalue weighted by Gasteiger charge is 2.16. The number of esters is 1. The van der Waals surface area contributed by atoms with E-state index in [1.54, 1.807) is 49.2 Å². The highest BCUT2D eigenvalue weighted by Crippen LogP contribution is 2.17. The fraction of sp³-hybridized carbons (Fsp3) is 0.182. The molecule has 0 fully saturated rings. The normalized spacial score (nSPS) is 10.3. The average Bonchev–Trinajstić information content (AvgIpc) is 2.73. The molecule has 0 aliphatic carbocycles. The molecule has 0 radical (unpaired) electrons. The summed E-state index contributed by atoms with van der Waals surface area (Å²) in [5, 5.41) is 3.05. The predicted molar refractivity (Wildman–Crippen MR) is 110 cm³/mol. The van der Waals surface area contributed by atoms with E-state index in [9.17, 15) is 9.59 Å². The maximum atomic E-state index is 12.8. The highest BCUT2D eigenvalue weighted by atomic mass is 16.5. The van der Waals surface area contributed by atoms with E-state index in [2.05, 4.69) is 15.3 Å². The standard InChI is InChI=1S/C22H22N4O3/c1-15-12-19(20(27)26(2)14-16-8-5-4-6-9-16)25-22(23-15)24-18-11-7-10-17(13-18)21(28)29-3/h4-13H,14H2,1-3H3,(H,23,24,25). The molecule has 1 N–H and O–H groups in total. The van der Waals surface area contributed by atoms with E-state index in [1.807, 2.05) is 30.3 Å². The van der Waals surface area contributed by atoms with Crippen molar-refractivity contribution in [2.45, 2.75) is 13.5 Å². The number of carbonyl (C=O) groups excluding carboxylic acids is 2. The number of aromatic nitrogens is 2. The van der Waals surface area contributed by atoms with Gasteiger partial charge in [0.15, 0.2) is 0 Å². The Kier molecular flexibility index (Phi) is 6.19. The lowest BCUT2D eigenvalue weighted by Crippen LogP contribution is -2.27. The maximum Gasteiger partial charge on any atom is 0.337 e. The Hall–Kier alpha value is -3.74. The van der Waals surface area contributed by atoms with Gasteiger partial charge in [0, 0.05) is 25.0 Å². The van der Waals surface area contributed by atoms with Gasteiger partial charge in [-0.25, -0.2) is 14.8 Å². The molecule has 1 aromatic heterocycles. The Bertz CT molecular complexity index is 1020. The molecule has 1 amide bonds. The van der Waals surface area contributed by atoms with E-state index in [4.69, 9.17) is 4.74 Å². The van der Waals surface area contributed by atoms with E-state index in [-0.39, 0.29) is 11.9 Å². The number of carbonyl (C=O) groups is 2. The van der Waals surface area contributed by atoms with Crippen molar-refractivity contribution in [1.29, 1.82) is 0 Å². The summed E-state index contributed by atoms with van der Waals surface area (Å²) in [4.78, 5) is 34.9. The molecule has 7 nitrogen and oxygen atoms in total. The molecule has 0 aliphatic rings. The van der Waals surface area contributed by atoms with Crippen LogP contribution in [0.4, 0.5) is 11.6 Å². The maximum absolute atomic E-state index is 12.8. The van der Waals surface area contributed by atoms with Crippen molar-refractivity contribution in [3.8, 4) is 0 Å². The van der Waals surface area contributed by atoms with Crippen LogP contribution in [0.1, 0.15) is 32.1 Å². The quantitative estimate of drug-likeness (QED) is 0.648. The van der Waals surface area contributed by atoms with Crippen molar-refractivity contribution in [1.82, 2.24) is 14.9 Å². The van der Waals surface area contributed by atoms with Gasteiger partial charge in [-0.15, -0.1) is 0 Å². The van der Waals surface area contributed by atoms with Crippen molar-refractivity contribution in [2.24, 2.45) is 0 Å². The largest absolute Gasteiger partial charge is 0.465 e. The van der Waals surface area contributed by atoms with Crippen LogP contribution in [-0.2, 0) is 11.3 Å². The van der Waals surface area contributed by atoms with Crippen LogP contribution in [0.15, 0.2) is 60.7 Å². The smallest absolute Gasteiger partial charge is 0.337 e. The Morgan fingerprint density at radius 2 is 1.79 bits per heavy atom. The second-order valence-corrected chi connectivity index (χ2v) is 6.56. The Morgan fingerprint density at radius 3 is 2.52 bits per heavy atom. The van der Waals surface area contributed by atoms with Crippen LogP contribution in [0.3, 0.4) is 0 Å². The van der Waals surface area contributed by atoms with Gasteiger partial charge in [0.05, 0.1) is 12.7 Å². The lowest BCUT2D eigenvalue weighted by atomic mass is 10.2. The molecule has 0 atom stereocenters. The Balaban J connectivity index is 1.79. The predicted octanol–water partition coefficient (Wildman–Crippen LogP) is 3.59. The number of hydrogen-bond donors (Lipinski definition) is 1. The van der Waals surface area contributed by atoms with Gasteiger partial charge in [0.25, 0.3) is 5.91 Å². The third-order valence-electron chi connectivity index (χ3n) is 4.22. The van der Waals surface area contributed by atoms with Crippen LogP contribution < -0.4 is 5.32 Å². The van der Waals surface area contributed by atoms with Gasteiger partial charge in [-0.05, 0) is 36.8 Å². The third-order valence-corrected chi connectivity index (χ3v) is 4.22. The molecule has 3 rings (SSSR count). The molecule has 0 bridgehead atoms. The summed E-state index contributed by atoms with van der Waals surface area (Å²) in [6.07, 6.45) is 0. The van der Waals surface area contributed by atoms with Gasteiger partial charge in [-0.1, -0.05) is 36.4 Å². The molecule has 0 spiro atoms. The molecule has 0 unspecified atom stereocenters. The molecular formula is C22H22N4O3. The molecular weight excluding hydrogens is 368 g/mol. The summed E-state index contributed by atoms with van der Waals surface area (Å²) < 4.78 is 4.74. The van der Waals surface area contributed by atoms with Crippen LogP contribution >= 0.6 is 0 Å². The van der Waals surface area contributed by atoms with Crippen LogP contribution in [0, 0.1) is 6.92 Å². The first kappa shape index (κ1) is 20.0. The number of amides is 1. The lowest BCUT2D eigenvalue weighted by molar-refractivity contribution is 0.0600. The van der Waals surface area contributed by atoms with E-state index in [0.717, 1.165) is 5.56 Å². The Labute approximate surface area is 169 Å². The number of anilines is 2. The topological polar surface area (TPSA) is 84.4 Å². The first-order valence-corrected chi connectivity index (χ1v) is 9.07. The molecule has 0 aliphatic heterocycles. The first-order chi connectivity index (χ1) is 14.0. The minimum atomic E-state index is -0.433. The number of nitrogens with zero attached hydrogens (tertiary/aromatic N) is 3. The highest BCUT2D eigenvalue weighted by molar-refractivity contribution is 5.93. The third kappa shape index (κ3) is 5.16. The Morgan fingerprint density at radius 1 is 1.03 bits per heavy atom. The second kappa shape index (κ2) is 8.97. The number of ether oxygens (including phenoxy) is 1. The molecule has 148 valence electrons. The number of aryl methyl sites for hydroxylation is 1. The van der Waals surface area contributed by atoms with Crippen molar-refractivity contribution < 1.29 is 14.3 Å². The molecule has 7 heteroatoms. The zero-order valence-corrected chi connectivity index (χ0v) is 16.5. The zero-order chi connectivity index (χ0) is 20.8. The van der Waals surface area contributed by atoms with Crippen LogP contribution in [0.5, 0.6) is 0 Å². The molecule has 3 aromatic rings. The molecule has 0 saturated carbocycles. The summed E-state index contributed by atoms with van der Waals surface area (Å²) in [5.41, 5.74) is 3.01. The van der Waals surface area contributed by atoms with Crippen LogP contribution in [0.25, 0.3) is 0 Å². The number of rotatable bonds is 6. The van der Waals surface area contributed by atoms with Crippen LogP contribution in [0.2, 0.25) is 0 Å². The van der Waals surface area contributed by atoms with Crippen molar-refractivity contribution in [3.63, 3.8) is 0 Å². The van der Waals surface area contributed by atoms with Gasteiger partial charge < -0.3 is 15.0 Å². The fourth-order valence-corrected chi connectivity index (χ4v) is 2.83. The fourth-order valence-electron chi connectivity index (χ4n) is 2.83. The number of nitrogens with one attached hydrogen (secondary N) is 1. The van der Waals surface area contributed by atoms with Crippen molar-refractivity contribution in [3.05, 3.63) is 83.2 Å². The lowest BCUT2D eigenvalue weighted by Gasteiger charge is -2.17. The molecule has 2 aromatic carbocycles. The van der Waals surface area contributed by atoms with Crippen molar-refractivity contribution >= 4 is 23.5 Å². The average molecular weight is 390 g/mol. The minimum absolute atomic E-state index is 0.203. The monoisotopic (exact) mass is 390 g/mol. The number of methoxy groups -OCH3 is 1. The summed E-state index contributed by atoms with van der Waals surface area (Å²) in [7, 11) is 3.07. The summed E-state index contributed by atoms with van der Waals surface area (Å²) in [5.74, 6) is -0.355. The van der Waals surface area contributed by atoms with E-state index in [0.29, 0.717) is 29.2 Å². The zero-order valence-electron chi connectivity index (χ0n) is 16.5. The van der Waals surface area contributed by atoms with E-state index < -0.39 is 5.97 Å².